The molecular formula is C10H17ClO. The summed E-state index contributed by atoms with van der Waals surface area (Å²) >= 11 is 5.53. The highest BCUT2D eigenvalue weighted by Gasteiger charge is 2.19. The Bertz CT molecular complexity index is 139. The maximum atomic E-state index is 11.5. The molecule has 0 spiro atoms. The molecule has 1 fully saturated rings. The lowest BCUT2D eigenvalue weighted by molar-refractivity contribution is -0.123. The fourth-order valence-corrected chi connectivity index (χ4v) is 2.00. The van der Waals surface area contributed by atoms with Crippen LogP contribution < -0.4 is 0 Å². The lowest BCUT2D eigenvalue weighted by Gasteiger charge is -2.19. The number of carbonyl (C=O) groups is 1. The van der Waals surface area contributed by atoms with Crippen LogP contribution in [0.25, 0.3) is 0 Å². The van der Waals surface area contributed by atoms with Crippen LogP contribution in [0.1, 0.15) is 44.9 Å². The monoisotopic (exact) mass is 188 g/mol. The van der Waals surface area contributed by atoms with Crippen molar-refractivity contribution in [3.05, 3.63) is 0 Å². The summed E-state index contributed by atoms with van der Waals surface area (Å²) in [6.07, 6.45) is 7.63. The van der Waals surface area contributed by atoms with Crippen LogP contribution >= 0.6 is 11.6 Å². The highest BCUT2D eigenvalue weighted by Crippen LogP contribution is 2.25. The number of hydrogen-bond donors (Lipinski definition) is 0. The molecule has 0 amide bonds. The second-order valence-electron chi connectivity index (χ2n) is 3.59. The molecule has 1 nitrogen and oxygen atoms in total. The third kappa shape index (κ3) is 3.14. The van der Waals surface area contributed by atoms with Gasteiger partial charge in [-0.3, -0.25) is 4.79 Å². The number of hydrogen-bond acceptors (Lipinski definition) is 1. The molecule has 70 valence electrons. The van der Waals surface area contributed by atoms with Crippen molar-refractivity contribution in [2.75, 3.05) is 5.88 Å². The van der Waals surface area contributed by atoms with Gasteiger partial charge in [0.05, 0.1) is 0 Å². The Kier molecular flexibility index (Phi) is 4.67. The van der Waals surface area contributed by atoms with Crippen molar-refractivity contribution in [1.82, 2.24) is 0 Å². The van der Waals surface area contributed by atoms with Crippen molar-refractivity contribution in [3.63, 3.8) is 0 Å². The van der Waals surface area contributed by atoms with Crippen molar-refractivity contribution in [1.29, 1.82) is 0 Å². The number of rotatable bonds is 4. The summed E-state index contributed by atoms with van der Waals surface area (Å²) in [4.78, 5) is 11.5. The topological polar surface area (TPSA) is 17.1 Å². The molecule has 0 aromatic heterocycles. The molecule has 1 saturated carbocycles. The van der Waals surface area contributed by atoms with Crippen LogP contribution in [0.4, 0.5) is 0 Å². The first kappa shape index (κ1) is 10.0. The summed E-state index contributed by atoms with van der Waals surface area (Å²) in [5.41, 5.74) is 0. The van der Waals surface area contributed by atoms with E-state index in [4.69, 9.17) is 11.6 Å². The average molecular weight is 189 g/mol. The summed E-state index contributed by atoms with van der Waals surface area (Å²) in [6, 6.07) is 0. The van der Waals surface area contributed by atoms with Gasteiger partial charge in [-0.25, -0.2) is 0 Å². The summed E-state index contributed by atoms with van der Waals surface area (Å²) in [5, 5.41) is 0. The van der Waals surface area contributed by atoms with E-state index < -0.39 is 0 Å². The third-order valence-corrected chi connectivity index (χ3v) is 2.88. The molecule has 0 aromatic rings. The van der Waals surface area contributed by atoms with E-state index >= 15 is 0 Å². The van der Waals surface area contributed by atoms with Crippen LogP contribution in [-0.4, -0.2) is 11.7 Å². The Balaban J connectivity index is 2.20. The predicted molar refractivity (Wildman–Crippen MR) is 51.5 cm³/mol. The van der Waals surface area contributed by atoms with Crippen LogP contribution in [0, 0.1) is 5.92 Å². The van der Waals surface area contributed by atoms with Gasteiger partial charge in [-0.15, -0.1) is 11.6 Å². The molecule has 0 aromatic carbocycles. The standard InChI is InChI=1S/C10H17ClO/c11-8-4-7-10(12)9-5-2-1-3-6-9/h9H,1-8H2. The maximum Gasteiger partial charge on any atom is 0.136 e. The molecule has 0 aliphatic heterocycles. The van der Waals surface area contributed by atoms with Crippen molar-refractivity contribution < 1.29 is 4.79 Å². The molecule has 0 bridgehead atoms. The first-order valence-corrected chi connectivity index (χ1v) is 5.46. The quantitative estimate of drug-likeness (QED) is 0.620. The van der Waals surface area contributed by atoms with Gasteiger partial charge < -0.3 is 0 Å². The molecule has 0 heterocycles. The second kappa shape index (κ2) is 5.58. The molecule has 0 saturated heterocycles. The molecule has 1 aliphatic carbocycles. The van der Waals surface area contributed by atoms with Gasteiger partial charge in [-0.1, -0.05) is 19.3 Å². The number of halogens is 1. The molecule has 1 aliphatic rings. The van der Waals surface area contributed by atoms with Gasteiger partial charge in [-0.05, 0) is 19.3 Å². The zero-order valence-corrected chi connectivity index (χ0v) is 8.28. The molecule has 0 N–H and O–H groups in total. The van der Waals surface area contributed by atoms with E-state index in [1.54, 1.807) is 0 Å². The predicted octanol–water partition coefficient (Wildman–Crippen LogP) is 3.15. The SMILES string of the molecule is O=C(CCCCl)C1CCCCC1. The minimum atomic E-state index is 0.377. The van der Waals surface area contributed by atoms with Gasteiger partial charge in [-0.2, -0.15) is 0 Å². The number of Topliss-reactive ketones (excluding diaryl/α,β-unsaturated/α-hetero) is 1. The Morgan fingerprint density at radius 3 is 2.50 bits per heavy atom. The summed E-state index contributed by atoms with van der Waals surface area (Å²) in [5.74, 6) is 1.45. The third-order valence-electron chi connectivity index (χ3n) is 2.62. The normalized spacial score (nSPS) is 19.4. The number of ketones is 1. The molecule has 12 heavy (non-hydrogen) atoms. The summed E-state index contributed by atoms with van der Waals surface area (Å²) < 4.78 is 0. The van der Waals surface area contributed by atoms with Gasteiger partial charge in [0.15, 0.2) is 0 Å². The number of alkyl halides is 1. The highest BCUT2D eigenvalue weighted by atomic mass is 35.5. The van der Waals surface area contributed by atoms with Crippen LogP contribution in [-0.2, 0) is 4.79 Å². The van der Waals surface area contributed by atoms with Crippen LogP contribution in [0.15, 0.2) is 0 Å². The first-order valence-electron chi connectivity index (χ1n) is 4.93. The number of carbonyl (C=O) groups excluding carboxylic acids is 1. The van der Waals surface area contributed by atoms with Crippen molar-refractivity contribution >= 4 is 17.4 Å². The van der Waals surface area contributed by atoms with Gasteiger partial charge in [0.2, 0.25) is 0 Å². The van der Waals surface area contributed by atoms with Crippen molar-refractivity contribution in [2.24, 2.45) is 5.92 Å². The van der Waals surface area contributed by atoms with E-state index in [1.807, 2.05) is 0 Å². The first-order chi connectivity index (χ1) is 5.84. The molecule has 0 atom stereocenters. The van der Waals surface area contributed by atoms with E-state index in [9.17, 15) is 4.79 Å². The molecule has 2 heteroatoms. The zero-order chi connectivity index (χ0) is 8.81. The zero-order valence-electron chi connectivity index (χ0n) is 7.52. The average Bonchev–Trinajstić information content (AvgIpc) is 2.15. The molecule has 0 radical (unpaired) electrons. The van der Waals surface area contributed by atoms with E-state index in [-0.39, 0.29) is 0 Å². The lowest BCUT2D eigenvalue weighted by atomic mass is 9.85. The smallest absolute Gasteiger partial charge is 0.136 e. The van der Waals surface area contributed by atoms with Gasteiger partial charge in [0, 0.05) is 18.2 Å². The van der Waals surface area contributed by atoms with Gasteiger partial charge in [0.1, 0.15) is 5.78 Å². The van der Waals surface area contributed by atoms with Crippen LogP contribution in [0.5, 0.6) is 0 Å². The summed E-state index contributed by atoms with van der Waals surface area (Å²) in [7, 11) is 0. The Morgan fingerprint density at radius 2 is 1.92 bits per heavy atom. The summed E-state index contributed by atoms with van der Waals surface area (Å²) in [6.45, 7) is 0. The maximum absolute atomic E-state index is 11.5. The van der Waals surface area contributed by atoms with Crippen molar-refractivity contribution in [3.8, 4) is 0 Å². The largest absolute Gasteiger partial charge is 0.299 e. The Labute approximate surface area is 79.5 Å². The van der Waals surface area contributed by atoms with Crippen LogP contribution in [0.3, 0.4) is 0 Å². The second-order valence-corrected chi connectivity index (χ2v) is 3.97. The van der Waals surface area contributed by atoms with E-state index in [2.05, 4.69) is 0 Å². The minimum Gasteiger partial charge on any atom is -0.299 e. The van der Waals surface area contributed by atoms with E-state index in [0.717, 1.165) is 19.3 Å². The fraction of sp³-hybridized carbons (Fsp3) is 0.900. The Morgan fingerprint density at radius 1 is 1.25 bits per heavy atom. The van der Waals surface area contributed by atoms with E-state index in [0.29, 0.717) is 24.0 Å². The minimum absolute atomic E-state index is 0.377. The fourth-order valence-electron chi connectivity index (χ4n) is 1.87. The van der Waals surface area contributed by atoms with Crippen LogP contribution in [0.2, 0.25) is 0 Å². The van der Waals surface area contributed by atoms with Crippen molar-refractivity contribution in [2.45, 2.75) is 44.9 Å². The molecule has 0 unspecified atom stereocenters. The molecule has 1 rings (SSSR count). The molecular weight excluding hydrogens is 172 g/mol. The van der Waals surface area contributed by atoms with E-state index in [1.165, 1.54) is 19.3 Å². The van der Waals surface area contributed by atoms with Gasteiger partial charge >= 0.3 is 0 Å². The van der Waals surface area contributed by atoms with Gasteiger partial charge in [0.25, 0.3) is 0 Å². The highest BCUT2D eigenvalue weighted by molar-refractivity contribution is 6.17. The lowest BCUT2D eigenvalue weighted by Crippen LogP contribution is -2.17. The Hall–Kier alpha value is -0.0400.